The Morgan fingerprint density at radius 1 is 1.07 bits per heavy atom. The van der Waals surface area contributed by atoms with Crippen LogP contribution >= 0.6 is 15.9 Å². The molecule has 43 heavy (non-hydrogen) atoms. The van der Waals surface area contributed by atoms with Crippen molar-refractivity contribution in [1.82, 2.24) is 4.90 Å². The minimum Gasteiger partial charge on any atom is -0.507 e. The number of rotatable bonds is 13. The number of ether oxygens (including phenoxy) is 2. The SMILES string of the molecule is C/C(=C\c1cc(Br)ccc1O)CC[C@H]1OC[C@H]2C1=C(COc1ccccc1)C[C@H]1C(=O)N(CCCCCC(=O)O)C(=O)[C@H]12. The van der Waals surface area contributed by atoms with E-state index in [0.717, 1.165) is 38.9 Å². The van der Waals surface area contributed by atoms with Crippen LogP contribution in [0, 0.1) is 17.8 Å². The average Bonchev–Trinajstić information content (AvgIpc) is 3.51. The zero-order chi connectivity index (χ0) is 30.5. The van der Waals surface area contributed by atoms with Crippen molar-refractivity contribution in [2.75, 3.05) is 19.8 Å². The summed E-state index contributed by atoms with van der Waals surface area (Å²) in [6.07, 6.45) is 5.56. The molecule has 2 aliphatic heterocycles. The predicted octanol–water partition coefficient (Wildman–Crippen LogP) is 6.38. The van der Waals surface area contributed by atoms with E-state index in [1.165, 1.54) is 4.90 Å². The number of unbranched alkanes of at least 4 members (excludes halogenated alkanes) is 2. The molecule has 9 heteroatoms. The number of fused-ring (bicyclic) bond motifs is 3. The average molecular weight is 653 g/mol. The van der Waals surface area contributed by atoms with Gasteiger partial charge in [-0.25, -0.2) is 0 Å². The van der Waals surface area contributed by atoms with Gasteiger partial charge in [-0.1, -0.05) is 52.2 Å². The summed E-state index contributed by atoms with van der Waals surface area (Å²) in [5.74, 6) is -1.20. The van der Waals surface area contributed by atoms with Crippen LogP contribution in [-0.4, -0.2) is 58.8 Å². The fraction of sp³-hybridized carbons (Fsp3) is 0.441. The van der Waals surface area contributed by atoms with E-state index in [9.17, 15) is 19.5 Å². The first-order chi connectivity index (χ1) is 20.7. The number of nitrogens with zero attached hydrogens (tertiary/aromatic N) is 1. The van der Waals surface area contributed by atoms with E-state index in [0.29, 0.717) is 51.9 Å². The van der Waals surface area contributed by atoms with Gasteiger partial charge in [-0.2, -0.15) is 0 Å². The zero-order valence-electron chi connectivity index (χ0n) is 24.3. The molecule has 2 saturated heterocycles. The van der Waals surface area contributed by atoms with E-state index in [2.05, 4.69) is 15.9 Å². The van der Waals surface area contributed by atoms with Gasteiger partial charge in [-0.3, -0.25) is 19.3 Å². The highest BCUT2D eigenvalue weighted by Crippen LogP contribution is 2.50. The predicted molar refractivity (Wildman–Crippen MR) is 165 cm³/mol. The lowest BCUT2D eigenvalue weighted by Gasteiger charge is -2.31. The molecule has 8 nitrogen and oxygen atoms in total. The lowest BCUT2D eigenvalue weighted by atomic mass is 9.69. The summed E-state index contributed by atoms with van der Waals surface area (Å²) in [6, 6.07) is 14.9. The maximum absolute atomic E-state index is 13.7. The highest BCUT2D eigenvalue weighted by molar-refractivity contribution is 9.10. The Hall–Kier alpha value is -3.43. The first-order valence-corrected chi connectivity index (χ1v) is 15.8. The van der Waals surface area contributed by atoms with Gasteiger partial charge in [-0.05, 0) is 80.5 Å². The lowest BCUT2D eigenvalue weighted by molar-refractivity contribution is -0.141. The number of phenols is 1. The van der Waals surface area contributed by atoms with E-state index in [4.69, 9.17) is 14.6 Å². The van der Waals surface area contributed by atoms with Gasteiger partial charge in [0.15, 0.2) is 0 Å². The largest absolute Gasteiger partial charge is 0.507 e. The van der Waals surface area contributed by atoms with E-state index in [-0.39, 0.29) is 36.0 Å². The molecular weight excluding hydrogens is 614 g/mol. The van der Waals surface area contributed by atoms with Gasteiger partial charge < -0.3 is 19.7 Å². The highest BCUT2D eigenvalue weighted by Gasteiger charge is 2.56. The number of hydrogen-bond donors (Lipinski definition) is 2. The number of benzene rings is 2. The number of allylic oxidation sites excluding steroid dienone is 1. The highest BCUT2D eigenvalue weighted by atomic mass is 79.9. The Kier molecular flexibility index (Phi) is 10.0. The lowest BCUT2D eigenvalue weighted by Crippen LogP contribution is -2.35. The summed E-state index contributed by atoms with van der Waals surface area (Å²) in [5.41, 5.74) is 3.97. The quantitative estimate of drug-likeness (QED) is 0.147. The minimum atomic E-state index is -0.837. The van der Waals surface area contributed by atoms with Crippen molar-refractivity contribution in [3.63, 3.8) is 0 Å². The second kappa shape index (κ2) is 13.9. The molecule has 5 rings (SSSR count). The van der Waals surface area contributed by atoms with E-state index in [1.54, 1.807) is 12.1 Å². The number of likely N-dealkylation sites (tertiary alicyclic amines) is 1. The Labute approximate surface area is 260 Å². The van der Waals surface area contributed by atoms with Crippen LogP contribution in [0.1, 0.15) is 57.4 Å². The van der Waals surface area contributed by atoms with Crippen LogP contribution in [0.5, 0.6) is 11.5 Å². The Morgan fingerprint density at radius 2 is 1.86 bits per heavy atom. The molecule has 0 aromatic heterocycles. The molecule has 2 heterocycles. The van der Waals surface area contributed by atoms with Gasteiger partial charge in [0.25, 0.3) is 0 Å². The zero-order valence-corrected chi connectivity index (χ0v) is 25.9. The summed E-state index contributed by atoms with van der Waals surface area (Å²) in [6.45, 7) is 3.07. The third-order valence-corrected chi connectivity index (χ3v) is 9.21. The first-order valence-electron chi connectivity index (χ1n) is 15.0. The van der Waals surface area contributed by atoms with Crippen molar-refractivity contribution < 1.29 is 34.1 Å². The number of halogens is 1. The van der Waals surface area contributed by atoms with Crippen molar-refractivity contribution in [2.24, 2.45) is 17.8 Å². The fourth-order valence-electron chi connectivity index (χ4n) is 6.64. The molecule has 0 bridgehead atoms. The molecule has 2 amide bonds. The number of aliphatic carboxylic acids is 1. The van der Waals surface area contributed by atoms with Gasteiger partial charge in [0.1, 0.15) is 18.1 Å². The number of para-hydroxylation sites is 1. The van der Waals surface area contributed by atoms with Crippen molar-refractivity contribution in [1.29, 1.82) is 0 Å². The monoisotopic (exact) mass is 651 g/mol. The Balaban J connectivity index is 1.33. The summed E-state index contributed by atoms with van der Waals surface area (Å²) >= 11 is 3.46. The van der Waals surface area contributed by atoms with Crippen LogP contribution < -0.4 is 4.74 Å². The molecule has 4 atom stereocenters. The smallest absolute Gasteiger partial charge is 0.303 e. The fourth-order valence-corrected chi connectivity index (χ4v) is 7.02. The second-order valence-corrected chi connectivity index (χ2v) is 12.6. The summed E-state index contributed by atoms with van der Waals surface area (Å²) < 4.78 is 13.4. The van der Waals surface area contributed by atoms with Crippen molar-refractivity contribution >= 4 is 39.8 Å². The molecule has 2 N–H and O–H groups in total. The van der Waals surface area contributed by atoms with E-state index >= 15 is 0 Å². The van der Waals surface area contributed by atoms with Crippen molar-refractivity contribution in [2.45, 2.75) is 58.0 Å². The molecule has 0 unspecified atom stereocenters. The van der Waals surface area contributed by atoms with Gasteiger partial charge in [-0.15, -0.1) is 0 Å². The van der Waals surface area contributed by atoms with Gasteiger partial charge >= 0.3 is 5.97 Å². The third-order valence-electron chi connectivity index (χ3n) is 8.72. The van der Waals surface area contributed by atoms with Crippen LogP contribution in [0.15, 0.2) is 69.7 Å². The van der Waals surface area contributed by atoms with Crippen LogP contribution in [-0.2, 0) is 19.1 Å². The van der Waals surface area contributed by atoms with Crippen molar-refractivity contribution in [3.8, 4) is 11.5 Å². The topological polar surface area (TPSA) is 113 Å². The molecule has 0 spiro atoms. The first kappa shape index (κ1) is 31.0. The summed E-state index contributed by atoms with van der Waals surface area (Å²) in [7, 11) is 0. The number of aromatic hydroxyl groups is 1. The second-order valence-electron chi connectivity index (χ2n) is 11.7. The number of carbonyl (C=O) groups is 3. The van der Waals surface area contributed by atoms with Crippen LogP contribution in [0.3, 0.4) is 0 Å². The molecule has 0 saturated carbocycles. The standard InChI is InChI=1S/C34H38BrNO7/c1-21(16-22-17-24(35)12-13-28(22)37)11-14-29-31-23(19-42-25-8-4-2-5-9-25)18-26-32(27(31)20-43-29)34(41)36(33(26)40)15-7-3-6-10-30(38)39/h2,4-5,8-9,12-13,16-17,26-27,29,32,37H,3,6-7,10-11,14-15,18-20H2,1H3,(H,38,39)/b21-16+/t26-,27+,29-,32-/m1/s1. The molecule has 2 fully saturated rings. The number of amides is 2. The van der Waals surface area contributed by atoms with E-state index in [1.807, 2.05) is 49.4 Å². The van der Waals surface area contributed by atoms with Crippen LogP contribution in [0.4, 0.5) is 0 Å². The molecule has 0 radical (unpaired) electrons. The maximum atomic E-state index is 13.7. The van der Waals surface area contributed by atoms with E-state index < -0.39 is 17.8 Å². The number of carbonyl (C=O) groups excluding carboxylic acids is 2. The van der Waals surface area contributed by atoms with Crippen LogP contribution in [0.2, 0.25) is 0 Å². The Bertz CT molecular complexity index is 1420. The van der Waals surface area contributed by atoms with Crippen molar-refractivity contribution in [3.05, 3.63) is 75.3 Å². The summed E-state index contributed by atoms with van der Waals surface area (Å²) in [5, 5.41) is 19.2. The maximum Gasteiger partial charge on any atom is 0.303 e. The molecule has 228 valence electrons. The third kappa shape index (κ3) is 7.21. The molecular formula is C34H38BrNO7. The normalized spacial score (nSPS) is 23.5. The minimum absolute atomic E-state index is 0.0880. The molecule has 3 aliphatic rings. The number of phenolic OH excluding ortho intramolecular Hbond substituents is 1. The number of carboxylic acid groups (broad SMARTS) is 1. The number of hydrogen-bond acceptors (Lipinski definition) is 6. The number of imide groups is 1. The Morgan fingerprint density at radius 3 is 2.63 bits per heavy atom. The van der Waals surface area contributed by atoms with Gasteiger partial charge in [0.2, 0.25) is 11.8 Å². The van der Waals surface area contributed by atoms with Gasteiger partial charge in [0, 0.05) is 28.9 Å². The number of carboxylic acids is 1. The molecule has 1 aliphatic carbocycles. The van der Waals surface area contributed by atoms with Crippen LogP contribution in [0.25, 0.3) is 6.08 Å². The molecule has 2 aromatic rings. The summed E-state index contributed by atoms with van der Waals surface area (Å²) in [4.78, 5) is 39.4. The molecule has 2 aromatic carbocycles. The van der Waals surface area contributed by atoms with Gasteiger partial charge in [0.05, 0.1) is 24.5 Å².